The lowest BCUT2D eigenvalue weighted by Crippen LogP contribution is -2.55. The van der Waals surface area contributed by atoms with Gasteiger partial charge < -0.3 is 36.2 Å². The molecule has 1 heterocycles. The average molecular weight is 667 g/mol. The number of aliphatic hydroxyl groups excluding tert-OH is 4. The molecule has 3 rings (SSSR count). The van der Waals surface area contributed by atoms with E-state index in [-0.39, 0.29) is 24.0 Å². The van der Waals surface area contributed by atoms with Gasteiger partial charge in [0.15, 0.2) is 0 Å². The molecule has 2 aromatic carbocycles. The zero-order valence-corrected chi connectivity index (χ0v) is 30.4. The van der Waals surface area contributed by atoms with Gasteiger partial charge in [0.1, 0.15) is 36.3 Å². The van der Waals surface area contributed by atoms with Crippen molar-refractivity contribution < 1.29 is 34.8 Å². The third-order valence-electron chi connectivity index (χ3n) is 9.43. The van der Waals surface area contributed by atoms with E-state index in [0.717, 1.165) is 33.4 Å². The van der Waals surface area contributed by atoms with Crippen LogP contribution in [-0.4, -0.2) is 75.2 Å². The topological polar surface area (TPSA) is 162 Å². The van der Waals surface area contributed by atoms with Crippen molar-refractivity contribution in [1.29, 1.82) is 0 Å². The molecule has 0 spiro atoms. The number of allylic oxidation sites excluding steroid dienone is 1. The fourth-order valence-corrected chi connectivity index (χ4v) is 6.03. The van der Waals surface area contributed by atoms with Gasteiger partial charge in [-0.05, 0) is 92.8 Å². The van der Waals surface area contributed by atoms with Crippen LogP contribution in [0.1, 0.15) is 113 Å². The Morgan fingerprint density at radius 1 is 0.938 bits per heavy atom. The van der Waals surface area contributed by atoms with Crippen LogP contribution < -0.4 is 11.1 Å². The molecule has 0 unspecified atom stereocenters. The molecule has 1 aliphatic rings. The molecule has 5 atom stereocenters. The fraction of sp³-hybridized carbons (Fsp3) is 0.590. The number of Topliss-reactive ketones (excluding diaryl/α,β-unsaturated/α-hetero) is 1. The highest BCUT2D eigenvalue weighted by Crippen LogP contribution is 2.37. The first-order valence-electron chi connectivity index (χ1n) is 16.9. The van der Waals surface area contributed by atoms with Crippen LogP contribution in [-0.2, 0) is 20.7 Å². The lowest BCUT2D eigenvalue weighted by Gasteiger charge is -2.41. The van der Waals surface area contributed by atoms with E-state index in [4.69, 9.17) is 10.5 Å². The van der Waals surface area contributed by atoms with Crippen molar-refractivity contribution in [2.24, 2.45) is 16.6 Å². The molecule has 0 saturated carbocycles. The van der Waals surface area contributed by atoms with Crippen molar-refractivity contribution in [1.82, 2.24) is 5.32 Å². The number of amides is 1. The molecule has 0 bridgehead atoms. The lowest BCUT2D eigenvalue weighted by molar-refractivity contribution is -0.231. The summed E-state index contributed by atoms with van der Waals surface area (Å²) in [5, 5.41) is 44.1. The number of hydrogen-bond donors (Lipinski definition) is 6. The van der Waals surface area contributed by atoms with Crippen LogP contribution in [0.5, 0.6) is 0 Å². The summed E-state index contributed by atoms with van der Waals surface area (Å²) in [6.07, 6.45) is -1.54. The molecule has 1 saturated heterocycles. The number of ether oxygens (including phenoxy) is 1. The SMILES string of the molecule is Cc1cc(/C=C/C(C)(C)C(=O)CC(C)(C)C(=O)NCC(C)(C)N)ccc1Cc1cc([C@@H]2O[C@H](CO)[C@H](O)[C@H](O)[C@@H]2O)c(C)cc1C(C)C. The summed E-state index contributed by atoms with van der Waals surface area (Å²) < 4.78 is 5.91. The van der Waals surface area contributed by atoms with Crippen LogP contribution in [0, 0.1) is 24.7 Å². The molecule has 1 fully saturated rings. The number of aliphatic hydroxyl groups is 4. The predicted octanol–water partition coefficient (Wildman–Crippen LogP) is 4.41. The normalized spacial score (nSPS) is 22.4. The quantitative estimate of drug-likeness (QED) is 0.183. The number of ketones is 1. The highest BCUT2D eigenvalue weighted by Gasteiger charge is 2.44. The van der Waals surface area contributed by atoms with E-state index in [1.54, 1.807) is 13.8 Å². The number of nitrogens with two attached hydrogens (primary N) is 1. The molecule has 1 aliphatic heterocycles. The van der Waals surface area contributed by atoms with Gasteiger partial charge in [-0.15, -0.1) is 0 Å². The highest BCUT2D eigenvalue weighted by molar-refractivity contribution is 5.93. The second-order valence-corrected chi connectivity index (χ2v) is 15.9. The Morgan fingerprint density at radius 2 is 1.58 bits per heavy atom. The molecule has 9 heteroatoms. The van der Waals surface area contributed by atoms with Crippen LogP contribution in [0.3, 0.4) is 0 Å². The Morgan fingerprint density at radius 3 is 2.15 bits per heavy atom. The Labute approximate surface area is 286 Å². The molecule has 7 N–H and O–H groups in total. The Balaban J connectivity index is 1.82. The second-order valence-electron chi connectivity index (χ2n) is 15.9. The standard InChI is InChI=1S/C39H58N2O7/c1-22(2)28-16-24(4)29(35-34(46)33(45)32(44)30(20-42)48-35)18-27(28)17-26-12-11-25(15-23(26)3)13-14-37(5,6)31(43)19-38(7,8)36(47)41-21-39(9,10)40/h11-16,18,22,30,32-35,42,44-46H,17,19-21,40H2,1-10H3,(H,41,47)/b14-13+/t30-,32+,33+,34+,35+/m1/s1. The second kappa shape index (κ2) is 15.3. The number of nitrogens with one attached hydrogen (secondary N) is 1. The van der Waals surface area contributed by atoms with Gasteiger partial charge in [0, 0.05) is 23.9 Å². The average Bonchev–Trinajstić information content (AvgIpc) is 2.99. The van der Waals surface area contributed by atoms with Gasteiger partial charge in [-0.1, -0.05) is 70.2 Å². The molecule has 9 nitrogen and oxygen atoms in total. The van der Waals surface area contributed by atoms with E-state index in [1.807, 2.05) is 58.9 Å². The molecule has 0 radical (unpaired) electrons. The van der Waals surface area contributed by atoms with E-state index < -0.39 is 53.5 Å². The molecule has 1 amide bonds. The lowest BCUT2D eigenvalue weighted by atomic mass is 9.77. The smallest absolute Gasteiger partial charge is 0.226 e. The molecular weight excluding hydrogens is 608 g/mol. The maximum atomic E-state index is 13.4. The van der Waals surface area contributed by atoms with Crippen molar-refractivity contribution in [3.63, 3.8) is 0 Å². The third-order valence-corrected chi connectivity index (χ3v) is 9.43. The number of rotatable bonds is 13. The predicted molar refractivity (Wildman–Crippen MR) is 189 cm³/mol. The zero-order chi connectivity index (χ0) is 36.4. The summed E-state index contributed by atoms with van der Waals surface area (Å²) in [4.78, 5) is 26.2. The maximum absolute atomic E-state index is 13.4. The van der Waals surface area contributed by atoms with E-state index in [0.29, 0.717) is 18.5 Å². The fourth-order valence-electron chi connectivity index (χ4n) is 6.03. The molecule has 48 heavy (non-hydrogen) atoms. The summed E-state index contributed by atoms with van der Waals surface area (Å²) in [6, 6.07) is 10.3. The van der Waals surface area contributed by atoms with Crippen molar-refractivity contribution in [2.45, 2.75) is 124 Å². The van der Waals surface area contributed by atoms with Gasteiger partial charge in [-0.2, -0.15) is 0 Å². The van der Waals surface area contributed by atoms with E-state index in [1.165, 1.54) is 0 Å². The Hall–Kier alpha value is -2.92. The van der Waals surface area contributed by atoms with Gasteiger partial charge in [0.05, 0.1) is 12.0 Å². The summed E-state index contributed by atoms with van der Waals surface area (Å²) in [7, 11) is 0. The minimum atomic E-state index is -1.45. The maximum Gasteiger partial charge on any atom is 0.226 e. The molecular formula is C39H58N2O7. The molecule has 2 aromatic rings. The first-order chi connectivity index (χ1) is 22.1. The van der Waals surface area contributed by atoms with Crippen molar-refractivity contribution in [2.75, 3.05) is 13.2 Å². The van der Waals surface area contributed by atoms with Crippen LogP contribution in [0.4, 0.5) is 0 Å². The minimum absolute atomic E-state index is 0.0324. The molecule has 0 aliphatic carbocycles. The van der Waals surface area contributed by atoms with Crippen molar-refractivity contribution in [3.05, 3.63) is 75.4 Å². The highest BCUT2D eigenvalue weighted by atomic mass is 16.5. The first kappa shape index (κ1) is 39.5. The summed E-state index contributed by atoms with van der Waals surface area (Å²) in [5.41, 5.74) is 10.8. The third kappa shape index (κ3) is 9.61. The number of carbonyl (C=O) groups is 2. The van der Waals surface area contributed by atoms with Crippen LogP contribution in [0.2, 0.25) is 0 Å². The van der Waals surface area contributed by atoms with Crippen molar-refractivity contribution >= 4 is 17.8 Å². The molecule has 0 aromatic heterocycles. The number of carbonyl (C=O) groups excluding carboxylic acids is 2. The van der Waals surface area contributed by atoms with Gasteiger partial charge in [-0.25, -0.2) is 0 Å². The number of aryl methyl sites for hydroxylation is 2. The number of hydrogen-bond acceptors (Lipinski definition) is 8. The van der Waals surface area contributed by atoms with Crippen LogP contribution >= 0.6 is 0 Å². The summed E-state index contributed by atoms with van der Waals surface area (Å²) in [5.74, 6) is -0.00156. The zero-order valence-electron chi connectivity index (χ0n) is 30.4. The Kier molecular flexibility index (Phi) is 12.6. The van der Waals surface area contributed by atoms with Crippen molar-refractivity contribution in [3.8, 4) is 0 Å². The van der Waals surface area contributed by atoms with Gasteiger partial charge in [0.2, 0.25) is 5.91 Å². The first-order valence-corrected chi connectivity index (χ1v) is 16.9. The van der Waals surface area contributed by atoms with E-state index >= 15 is 0 Å². The van der Waals surface area contributed by atoms with Gasteiger partial charge >= 0.3 is 0 Å². The van der Waals surface area contributed by atoms with Gasteiger partial charge in [0.25, 0.3) is 0 Å². The summed E-state index contributed by atoms with van der Waals surface area (Å²) >= 11 is 0. The minimum Gasteiger partial charge on any atom is -0.394 e. The van der Waals surface area contributed by atoms with E-state index in [2.05, 4.69) is 44.3 Å². The number of benzene rings is 2. The molecule has 266 valence electrons. The largest absolute Gasteiger partial charge is 0.394 e. The van der Waals surface area contributed by atoms with E-state index in [9.17, 15) is 30.0 Å². The van der Waals surface area contributed by atoms with Gasteiger partial charge in [-0.3, -0.25) is 9.59 Å². The van der Waals surface area contributed by atoms with Crippen LogP contribution in [0.15, 0.2) is 36.4 Å². The summed E-state index contributed by atoms with van der Waals surface area (Å²) in [6.45, 7) is 19.0. The van der Waals surface area contributed by atoms with Crippen LogP contribution in [0.25, 0.3) is 6.08 Å². The monoisotopic (exact) mass is 666 g/mol. The Bertz CT molecular complexity index is 1490.